The molecule has 1 rings (SSSR count). The molecule has 0 radical (unpaired) electrons. The molecule has 1 aromatic heterocycles. The summed E-state index contributed by atoms with van der Waals surface area (Å²) in [6, 6.07) is 0. The topological polar surface area (TPSA) is 48.1 Å². The third kappa shape index (κ3) is 3.06. The smallest absolute Gasteiger partial charge is 0.404 e. The molecular formula is C7H4F5IN2O. The highest BCUT2D eigenvalue weighted by atomic mass is 127. The number of rotatable bonds is 2. The minimum absolute atomic E-state index is 0.195. The Morgan fingerprint density at radius 1 is 1.38 bits per heavy atom. The summed E-state index contributed by atoms with van der Waals surface area (Å²) < 4.78 is 64.1. The molecule has 0 bridgehead atoms. The van der Waals surface area contributed by atoms with E-state index in [9.17, 15) is 22.0 Å². The third-order valence-electron chi connectivity index (χ3n) is 1.49. The van der Waals surface area contributed by atoms with Gasteiger partial charge in [0.05, 0.1) is 3.57 Å². The standard InChI is InChI=1S/C7H4F5IN2O/c8-5(9)3-4(16-7(10,11)12)2(13)1-15-6(3)14/h1,5H,(H2,14,15). The molecule has 0 atom stereocenters. The molecule has 0 saturated carbocycles. The van der Waals surface area contributed by atoms with Crippen molar-refractivity contribution in [3.8, 4) is 5.75 Å². The molecule has 0 amide bonds. The van der Waals surface area contributed by atoms with Crippen molar-refractivity contribution in [3.63, 3.8) is 0 Å². The number of halogens is 6. The summed E-state index contributed by atoms with van der Waals surface area (Å²) in [7, 11) is 0. The van der Waals surface area contributed by atoms with Gasteiger partial charge in [0.1, 0.15) is 11.4 Å². The number of nitrogens with two attached hydrogens (primary N) is 1. The van der Waals surface area contributed by atoms with Crippen LogP contribution in [0.3, 0.4) is 0 Å². The van der Waals surface area contributed by atoms with Gasteiger partial charge in [-0.2, -0.15) is 0 Å². The van der Waals surface area contributed by atoms with Crippen molar-refractivity contribution in [2.75, 3.05) is 5.73 Å². The Balaban J connectivity index is 3.29. The zero-order chi connectivity index (χ0) is 12.5. The van der Waals surface area contributed by atoms with Crippen LogP contribution in [-0.4, -0.2) is 11.3 Å². The first kappa shape index (κ1) is 13.2. The Bertz CT molecular complexity index is 395. The minimum atomic E-state index is -5.06. The summed E-state index contributed by atoms with van der Waals surface area (Å²) in [4.78, 5) is 3.33. The largest absolute Gasteiger partial charge is 0.573 e. The van der Waals surface area contributed by atoms with Crippen molar-refractivity contribution in [2.24, 2.45) is 0 Å². The molecule has 3 nitrogen and oxygen atoms in total. The Hall–Kier alpha value is -0.870. The van der Waals surface area contributed by atoms with E-state index in [1.165, 1.54) is 22.6 Å². The number of alkyl halides is 5. The highest BCUT2D eigenvalue weighted by molar-refractivity contribution is 14.1. The van der Waals surface area contributed by atoms with Crippen molar-refractivity contribution in [1.82, 2.24) is 4.98 Å². The van der Waals surface area contributed by atoms with E-state index < -0.39 is 29.9 Å². The third-order valence-corrected chi connectivity index (χ3v) is 2.26. The van der Waals surface area contributed by atoms with Crippen LogP contribution in [-0.2, 0) is 0 Å². The second-order valence-corrected chi connectivity index (χ2v) is 3.74. The molecule has 1 aromatic rings. The number of hydrogen-bond donors (Lipinski definition) is 1. The lowest BCUT2D eigenvalue weighted by Crippen LogP contribution is -2.20. The molecule has 9 heteroatoms. The zero-order valence-electron chi connectivity index (χ0n) is 7.36. The normalized spacial score (nSPS) is 11.9. The van der Waals surface area contributed by atoms with Gasteiger partial charge in [0.2, 0.25) is 0 Å². The number of aromatic nitrogens is 1. The lowest BCUT2D eigenvalue weighted by Gasteiger charge is -2.15. The van der Waals surface area contributed by atoms with Gasteiger partial charge in [-0.05, 0) is 22.6 Å². The summed E-state index contributed by atoms with van der Waals surface area (Å²) in [5.74, 6) is -1.69. The number of nitrogens with zero attached hydrogens (tertiary/aromatic N) is 1. The molecule has 0 aromatic carbocycles. The molecule has 1 heterocycles. The van der Waals surface area contributed by atoms with Crippen molar-refractivity contribution in [1.29, 1.82) is 0 Å². The fourth-order valence-corrected chi connectivity index (χ4v) is 1.47. The number of nitrogen functional groups attached to an aromatic ring is 1. The van der Waals surface area contributed by atoms with Gasteiger partial charge in [-0.1, -0.05) is 0 Å². The van der Waals surface area contributed by atoms with E-state index in [1.54, 1.807) is 0 Å². The molecule has 90 valence electrons. The SMILES string of the molecule is Nc1ncc(I)c(OC(F)(F)F)c1C(F)F. The molecule has 0 saturated heterocycles. The van der Waals surface area contributed by atoms with Crippen molar-refractivity contribution >= 4 is 28.4 Å². The fraction of sp³-hybridized carbons (Fsp3) is 0.286. The van der Waals surface area contributed by atoms with Crippen molar-refractivity contribution in [2.45, 2.75) is 12.8 Å². The molecule has 0 spiro atoms. The first-order valence-corrected chi connectivity index (χ1v) is 4.78. The maximum absolute atomic E-state index is 12.5. The van der Waals surface area contributed by atoms with Crippen LogP contribution in [0.5, 0.6) is 5.75 Å². The molecule has 0 aliphatic carbocycles. The second kappa shape index (κ2) is 4.55. The van der Waals surface area contributed by atoms with Crippen LogP contribution in [0.25, 0.3) is 0 Å². The van der Waals surface area contributed by atoms with E-state index in [4.69, 9.17) is 5.73 Å². The highest BCUT2D eigenvalue weighted by Crippen LogP contribution is 2.38. The Kier molecular flexibility index (Phi) is 3.76. The van der Waals surface area contributed by atoms with Gasteiger partial charge in [0.25, 0.3) is 6.43 Å². The van der Waals surface area contributed by atoms with E-state index in [1.807, 2.05) is 0 Å². The summed E-state index contributed by atoms with van der Waals surface area (Å²) in [6.07, 6.45) is -7.33. The van der Waals surface area contributed by atoms with Crippen LogP contribution in [0.1, 0.15) is 12.0 Å². The van der Waals surface area contributed by atoms with E-state index in [2.05, 4.69) is 9.72 Å². The Morgan fingerprint density at radius 2 is 1.94 bits per heavy atom. The Labute approximate surface area is 99.9 Å². The lowest BCUT2D eigenvalue weighted by atomic mass is 10.2. The van der Waals surface area contributed by atoms with Gasteiger partial charge in [-0.3, -0.25) is 0 Å². The first-order valence-electron chi connectivity index (χ1n) is 3.70. The summed E-state index contributed by atoms with van der Waals surface area (Å²) in [5.41, 5.74) is 4.02. The number of pyridine rings is 1. The summed E-state index contributed by atoms with van der Waals surface area (Å²) in [5, 5.41) is 0. The zero-order valence-corrected chi connectivity index (χ0v) is 9.51. The van der Waals surface area contributed by atoms with Gasteiger partial charge in [0, 0.05) is 6.20 Å². The molecule has 0 aliphatic heterocycles. The van der Waals surface area contributed by atoms with Crippen LogP contribution in [0.4, 0.5) is 27.8 Å². The van der Waals surface area contributed by atoms with E-state index in [0.717, 1.165) is 6.20 Å². The van der Waals surface area contributed by atoms with E-state index in [-0.39, 0.29) is 3.57 Å². The number of anilines is 1. The highest BCUT2D eigenvalue weighted by Gasteiger charge is 2.35. The Morgan fingerprint density at radius 3 is 2.38 bits per heavy atom. The van der Waals surface area contributed by atoms with Gasteiger partial charge < -0.3 is 10.5 Å². The summed E-state index contributed by atoms with van der Waals surface area (Å²) in [6.45, 7) is 0. The predicted molar refractivity (Wildman–Crippen MR) is 53.0 cm³/mol. The molecular weight excluding hydrogens is 350 g/mol. The van der Waals surface area contributed by atoms with Crippen molar-refractivity contribution < 1.29 is 26.7 Å². The average molecular weight is 354 g/mol. The van der Waals surface area contributed by atoms with Gasteiger partial charge in [-0.25, -0.2) is 13.8 Å². The molecule has 16 heavy (non-hydrogen) atoms. The average Bonchev–Trinajstić information content (AvgIpc) is 2.08. The molecule has 0 unspecified atom stereocenters. The predicted octanol–water partition coefficient (Wildman–Crippen LogP) is 3.10. The number of ether oxygens (including phenoxy) is 1. The van der Waals surface area contributed by atoms with Crippen LogP contribution in [0.15, 0.2) is 6.20 Å². The van der Waals surface area contributed by atoms with Crippen LogP contribution >= 0.6 is 22.6 Å². The lowest BCUT2D eigenvalue weighted by molar-refractivity contribution is -0.275. The minimum Gasteiger partial charge on any atom is -0.404 e. The molecule has 2 N–H and O–H groups in total. The van der Waals surface area contributed by atoms with Crippen LogP contribution in [0, 0.1) is 3.57 Å². The van der Waals surface area contributed by atoms with Gasteiger partial charge >= 0.3 is 6.36 Å². The van der Waals surface area contributed by atoms with E-state index >= 15 is 0 Å². The maximum atomic E-state index is 12.5. The maximum Gasteiger partial charge on any atom is 0.573 e. The molecule has 0 aliphatic rings. The fourth-order valence-electron chi connectivity index (χ4n) is 0.930. The second-order valence-electron chi connectivity index (χ2n) is 2.58. The monoisotopic (exact) mass is 354 g/mol. The van der Waals surface area contributed by atoms with Gasteiger partial charge in [0.15, 0.2) is 5.75 Å². The van der Waals surface area contributed by atoms with E-state index in [0.29, 0.717) is 0 Å². The first-order chi connectivity index (χ1) is 7.22. The van der Waals surface area contributed by atoms with Crippen molar-refractivity contribution in [3.05, 3.63) is 15.3 Å². The quantitative estimate of drug-likeness (QED) is 0.656. The summed E-state index contributed by atoms with van der Waals surface area (Å²) >= 11 is 1.40. The van der Waals surface area contributed by atoms with Gasteiger partial charge in [-0.15, -0.1) is 13.2 Å². The number of hydrogen-bond acceptors (Lipinski definition) is 3. The molecule has 0 fully saturated rings. The van der Waals surface area contributed by atoms with Crippen LogP contribution in [0.2, 0.25) is 0 Å². The van der Waals surface area contributed by atoms with Crippen LogP contribution < -0.4 is 10.5 Å².